The van der Waals surface area contributed by atoms with Gasteiger partial charge in [0.15, 0.2) is 18.1 Å². The van der Waals surface area contributed by atoms with Crippen molar-refractivity contribution >= 4 is 5.91 Å². The van der Waals surface area contributed by atoms with Gasteiger partial charge in [0.05, 0.1) is 19.3 Å². The number of hydrogen-bond donors (Lipinski definition) is 2. The third kappa shape index (κ3) is 3.87. The third-order valence-electron chi connectivity index (χ3n) is 3.50. The summed E-state index contributed by atoms with van der Waals surface area (Å²) in [5, 5.41) is 12.6. The van der Waals surface area contributed by atoms with Crippen LogP contribution in [0.1, 0.15) is 25.7 Å². The van der Waals surface area contributed by atoms with Gasteiger partial charge in [-0.1, -0.05) is 25.0 Å². The lowest BCUT2D eigenvalue weighted by Gasteiger charge is -2.28. The van der Waals surface area contributed by atoms with Gasteiger partial charge in [-0.15, -0.1) is 0 Å². The minimum Gasteiger partial charge on any atom is -0.493 e. The number of benzene rings is 1. The van der Waals surface area contributed by atoms with Gasteiger partial charge in [0.1, 0.15) is 0 Å². The van der Waals surface area contributed by atoms with E-state index < -0.39 is 6.10 Å². The molecule has 110 valence electrons. The number of ether oxygens (including phenoxy) is 2. The second-order valence-corrected chi connectivity index (χ2v) is 4.97. The second kappa shape index (κ2) is 7.14. The summed E-state index contributed by atoms with van der Waals surface area (Å²) in [6.45, 7) is -0.0798. The summed E-state index contributed by atoms with van der Waals surface area (Å²) in [5.74, 6) is 0.911. The molecule has 20 heavy (non-hydrogen) atoms. The molecule has 2 atom stereocenters. The zero-order valence-corrected chi connectivity index (χ0v) is 11.7. The fourth-order valence-corrected chi connectivity index (χ4v) is 2.41. The van der Waals surface area contributed by atoms with Gasteiger partial charge in [-0.05, 0) is 25.0 Å². The molecule has 1 saturated carbocycles. The highest BCUT2D eigenvalue weighted by atomic mass is 16.5. The van der Waals surface area contributed by atoms with E-state index in [0.29, 0.717) is 11.5 Å². The van der Waals surface area contributed by atoms with Crippen LogP contribution < -0.4 is 14.8 Å². The summed E-state index contributed by atoms with van der Waals surface area (Å²) in [6.07, 6.45) is 3.18. The number of rotatable bonds is 5. The lowest BCUT2D eigenvalue weighted by molar-refractivity contribution is -0.125. The topological polar surface area (TPSA) is 67.8 Å². The van der Waals surface area contributed by atoms with Crippen molar-refractivity contribution in [3.8, 4) is 11.5 Å². The van der Waals surface area contributed by atoms with Crippen LogP contribution in [-0.4, -0.2) is 36.9 Å². The van der Waals surface area contributed by atoms with Gasteiger partial charge < -0.3 is 19.9 Å². The van der Waals surface area contributed by atoms with E-state index in [1.165, 1.54) is 0 Å². The number of aliphatic hydroxyl groups excluding tert-OH is 1. The van der Waals surface area contributed by atoms with E-state index >= 15 is 0 Å². The average molecular weight is 279 g/mol. The maximum atomic E-state index is 11.8. The van der Waals surface area contributed by atoms with Crippen LogP contribution in [0.5, 0.6) is 11.5 Å². The van der Waals surface area contributed by atoms with Crippen LogP contribution in [0.2, 0.25) is 0 Å². The molecule has 1 aromatic rings. The molecule has 1 aliphatic carbocycles. The van der Waals surface area contributed by atoms with Crippen molar-refractivity contribution in [3.63, 3.8) is 0 Å². The number of nitrogens with one attached hydrogen (secondary N) is 1. The molecule has 1 fully saturated rings. The van der Waals surface area contributed by atoms with E-state index in [4.69, 9.17) is 9.47 Å². The number of carbonyl (C=O) groups is 1. The molecule has 0 heterocycles. The van der Waals surface area contributed by atoms with E-state index in [0.717, 1.165) is 25.7 Å². The summed E-state index contributed by atoms with van der Waals surface area (Å²) in [7, 11) is 1.56. The summed E-state index contributed by atoms with van der Waals surface area (Å²) in [4.78, 5) is 11.8. The van der Waals surface area contributed by atoms with Gasteiger partial charge in [-0.2, -0.15) is 0 Å². The number of para-hydroxylation sites is 2. The molecule has 5 nitrogen and oxygen atoms in total. The SMILES string of the molecule is COc1ccccc1OCC(=O)N[C@H]1CCCC[C@@H]1O. The van der Waals surface area contributed by atoms with Crippen molar-refractivity contribution in [1.29, 1.82) is 0 Å². The molecule has 1 aliphatic rings. The molecule has 2 rings (SSSR count). The molecule has 0 radical (unpaired) electrons. The Morgan fingerprint density at radius 1 is 1.30 bits per heavy atom. The zero-order chi connectivity index (χ0) is 14.4. The van der Waals surface area contributed by atoms with Gasteiger partial charge in [0.25, 0.3) is 5.91 Å². The number of amides is 1. The van der Waals surface area contributed by atoms with E-state index in [2.05, 4.69) is 5.32 Å². The normalized spacial score (nSPS) is 22.1. The summed E-state index contributed by atoms with van der Waals surface area (Å²) < 4.78 is 10.6. The highest BCUT2D eigenvalue weighted by molar-refractivity contribution is 5.78. The van der Waals surface area contributed by atoms with E-state index in [1.807, 2.05) is 12.1 Å². The van der Waals surface area contributed by atoms with Crippen LogP contribution in [0, 0.1) is 0 Å². The Hall–Kier alpha value is -1.75. The molecule has 0 aromatic heterocycles. The fraction of sp³-hybridized carbons (Fsp3) is 0.533. The average Bonchev–Trinajstić information content (AvgIpc) is 2.48. The monoisotopic (exact) mass is 279 g/mol. The molecule has 1 aromatic carbocycles. The van der Waals surface area contributed by atoms with E-state index in [9.17, 15) is 9.90 Å². The van der Waals surface area contributed by atoms with E-state index in [1.54, 1.807) is 19.2 Å². The molecule has 0 spiro atoms. The predicted molar refractivity (Wildman–Crippen MR) is 74.9 cm³/mol. The Bertz CT molecular complexity index is 449. The predicted octanol–water partition coefficient (Wildman–Crippen LogP) is 1.49. The van der Waals surface area contributed by atoms with Crippen LogP contribution in [0.3, 0.4) is 0 Å². The summed E-state index contributed by atoms with van der Waals surface area (Å²) >= 11 is 0. The van der Waals surface area contributed by atoms with Crippen molar-refractivity contribution in [3.05, 3.63) is 24.3 Å². The van der Waals surface area contributed by atoms with E-state index in [-0.39, 0.29) is 18.6 Å². The Labute approximate surface area is 118 Å². The maximum Gasteiger partial charge on any atom is 0.258 e. The summed E-state index contributed by atoms with van der Waals surface area (Å²) in [6, 6.07) is 7.03. The summed E-state index contributed by atoms with van der Waals surface area (Å²) in [5.41, 5.74) is 0. The quantitative estimate of drug-likeness (QED) is 0.857. The second-order valence-electron chi connectivity index (χ2n) is 4.97. The lowest BCUT2D eigenvalue weighted by Crippen LogP contribution is -2.46. The highest BCUT2D eigenvalue weighted by Gasteiger charge is 2.24. The molecular formula is C15H21NO4. The lowest BCUT2D eigenvalue weighted by atomic mass is 9.92. The van der Waals surface area contributed by atoms with Crippen LogP contribution >= 0.6 is 0 Å². The molecule has 2 N–H and O–H groups in total. The maximum absolute atomic E-state index is 11.8. The molecule has 5 heteroatoms. The van der Waals surface area contributed by atoms with Crippen molar-refractivity contribution in [2.24, 2.45) is 0 Å². The molecular weight excluding hydrogens is 258 g/mol. The fourth-order valence-electron chi connectivity index (χ4n) is 2.41. The molecule has 0 aliphatic heterocycles. The van der Waals surface area contributed by atoms with Gasteiger partial charge in [0, 0.05) is 0 Å². The largest absolute Gasteiger partial charge is 0.493 e. The van der Waals surface area contributed by atoms with Gasteiger partial charge in [0.2, 0.25) is 0 Å². The van der Waals surface area contributed by atoms with Gasteiger partial charge in [-0.3, -0.25) is 4.79 Å². The molecule has 0 bridgehead atoms. The van der Waals surface area contributed by atoms with Crippen molar-refractivity contribution in [1.82, 2.24) is 5.32 Å². The number of methoxy groups -OCH3 is 1. The zero-order valence-electron chi connectivity index (χ0n) is 11.7. The van der Waals surface area contributed by atoms with Gasteiger partial charge in [-0.25, -0.2) is 0 Å². The van der Waals surface area contributed by atoms with Crippen LogP contribution in [0.25, 0.3) is 0 Å². The first kappa shape index (κ1) is 14.7. The van der Waals surface area contributed by atoms with Crippen molar-refractivity contribution in [2.75, 3.05) is 13.7 Å². The standard InChI is InChI=1S/C15H21NO4/c1-19-13-8-4-5-9-14(13)20-10-15(18)16-11-6-2-3-7-12(11)17/h4-5,8-9,11-12,17H,2-3,6-7,10H2,1H3,(H,16,18)/t11-,12-/m0/s1. The minimum atomic E-state index is -0.445. The molecule has 1 amide bonds. The smallest absolute Gasteiger partial charge is 0.258 e. The van der Waals surface area contributed by atoms with Crippen molar-refractivity contribution in [2.45, 2.75) is 37.8 Å². The van der Waals surface area contributed by atoms with Crippen molar-refractivity contribution < 1.29 is 19.4 Å². The Morgan fingerprint density at radius 3 is 2.70 bits per heavy atom. The number of hydrogen-bond acceptors (Lipinski definition) is 4. The minimum absolute atomic E-state index is 0.0798. The Morgan fingerprint density at radius 2 is 2.00 bits per heavy atom. The third-order valence-corrected chi connectivity index (χ3v) is 3.50. The molecule has 0 saturated heterocycles. The molecule has 0 unspecified atom stereocenters. The first-order valence-electron chi connectivity index (χ1n) is 6.94. The Kier molecular flexibility index (Phi) is 5.24. The van der Waals surface area contributed by atoms with Crippen LogP contribution in [0.4, 0.5) is 0 Å². The van der Waals surface area contributed by atoms with Gasteiger partial charge >= 0.3 is 0 Å². The Balaban J connectivity index is 1.82. The van der Waals surface area contributed by atoms with Crippen LogP contribution in [-0.2, 0) is 4.79 Å². The first-order valence-corrected chi connectivity index (χ1v) is 6.94. The first-order chi connectivity index (χ1) is 9.70. The highest BCUT2D eigenvalue weighted by Crippen LogP contribution is 2.25. The number of aliphatic hydroxyl groups is 1. The number of carbonyl (C=O) groups excluding carboxylic acids is 1. The van der Waals surface area contributed by atoms with Crippen LogP contribution in [0.15, 0.2) is 24.3 Å².